The first-order chi connectivity index (χ1) is 16.9. The third kappa shape index (κ3) is 4.79. The van der Waals surface area contributed by atoms with Gasteiger partial charge in [0.15, 0.2) is 5.65 Å². The minimum Gasteiger partial charge on any atom is -0.444 e. The third-order valence-electron chi connectivity index (χ3n) is 6.63. The molecule has 190 valence electrons. The van der Waals surface area contributed by atoms with Gasteiger partial charge in [0.2, 0.25) is 0 Å². The number of fused-ring (bicyclic) bond motifs is 1. The number of imidazole rings is 1. The monoisotopic (exact) mass is 493 g/mol. The van der Waals surface area contributed by atoms with Crippen molar-refractivity contribution >= 4 is 17.6 Å². The number of nitrogens with zero attached hydrogens (tertiary/aromatic N) is 5. The van der Waals surface area contributed by atoms with E-state index in [1.807, 2.05) is 40.7 Å². The molecule has 1 aliphatic carbocycles. The average molecular weight is 494 g/mol. The minimum atomic E-state index is -0.603. The number of carbonyl (C=O) groups is 2. The van der Waals surface area contributed by atoms with Crippen LogP contribution in [0.4, 0.5) is 9.18 Å². The molecule has 9 heteroatoms. The molecular weight excluding hydrogens is 461 g/mol. The molecule has 0 radical (unpaired) electrons. The highest BCUT2D eigenvalue weighted by Crippen LogP contribution is 2.42. The van der Waals surface area contributed by atoms with Crippen LogP contribution in [-0.2, 0) is 4.74 Å². The van der Waals surface area contributed by atoms with Crippen LogP contribution in [0.15, 0.2) is 36.5 Å². The zero-order valence-corrected chi connectivity index (χ0v) is 21.4. The number of amides is 2. The van der Waals surface area contributed by atoms with E-state index in [4.69, 9.17) is 14.8 Å². The van der Waals surface area contributed by atoms with Crippen LogP contribution in [-0.4, -0.2) is 67.2 Å². The number of hydrogen-bond acceptors (Lipinski definition) is 5. The van der Waals surface area contributed by atoms with E-state index in [1.165, 1.54) is 12.1 Å². The van der Waals surface area contributed by atoms with Gasteiger partial charge in [-0.3, -0.25) is 4.79 Å². The Kier molecular flexibility index (Phi) is 5.76. The molecule has 0 N–H and O–H groups in total. The summed E-state index contributed by atoms with van der Waals surface area (Å²) in [4.78, 5) is 34.4. The summed E-state index contributed by atoms with van der Waals surface area (Å²) in [5.74, 6) is -0.111. The molecule has 2 aliphatic rings. The van der Waals surface area contributed by atoms with Gasteiger partial charge < -0.3 is 14.5 Å². The zero-order chi connectivity index (χ0) is 25.8. The molecule has 3 heterocycles. The van der Waals surface area contributed by atoms with Crippen LogP contribution >= 0.6 is 0 Å². The standard InChI is InChI=1S/C27H32FN5O3/c1-26(2,3)36-25(35)31-12-13-32(27(4,5)16-31)24(34)22-15-33-23(29-22)20(17-6-7-17)14-21(30-33)18-8-10-19(28)11-9-18/h8-11,14-15,17H,6-7,12-13,16H2,1-5H3. The Balaban J connectivity index is 1.42. The first-order valence-corrected chi connectivity index (χ1v) is 12.4. The molecule has 1 aliphatic heterocycles. The Hall–Kier alpha value is -3.49. The van der Waals surface area contributed by atoms with E-state index in [1.54, 1.807) is 32.6 Å². The van der Waals surface area contributed by atoms with Crippen LogP contribution in [0.25, 0.3) is 16.9 Å². The molecule has 8 nitrogen and oxygen atoms in total. The van der Waals surface area contributed by atoms with Gasteiger partial charge in [0, 0.05) is 30.8 Å². The molecule has 0 atom stereocenters. The smallest absolute Gasteiger partial charge is 0.410 e. The lowest BCUT2D eigenvalue weighted by Crippen LogP contribution is -2.62. The molecule has 0 bridgehead atoms. The van der Waals surface area contributed by atoms with Gasteiger partial charge in [0.25, 0.3) is 5.91 Å². The van der Waals surface area contributed by atoms with Crippen molar-refractivity contribution in [1.82, 2.24) is 24.4 Å². The van der Waals surface area contributed by atoms with Gasteiger partial charge in [0.05, 0.1) is 17.4 Å². The van der Waals surface area contributed by atoms with Gasteiger partial charge in [-0.15, -0.1) is 0 Å². The lowest BCUT2D eigenvalue weighted by molar-refractivity contribution is -0.0110. The molecule has 0 spiro atoms. The molecular formula is C27H32FN5O3. The van der Waals surface area contributed by atoms with E-state index in [9.17, 15) is 14.0 Å². The van der Waals surface area contributed by atoms with Crippen molar-refractivity contribution in [1.29, 1.82) is 0 Å². The maximum absolute atomic E-state index is 13.6. The quantitative estimate of drug-likeness (QED) is 0.519. The number of benzene rings is 1. The van der Waals surface area contributed by atoms with Crippen molar-refractivity contribution in [3.8, 4) is 11.3 Å². The van der Waals surface area contributed by atoms with Crippen LogP contribution in [0.2, 0.25) is 0 Å². The highest BCUT2D eigenvalue weighted by Gasteiger charge is 2.40. The first-order valence-electron chi connectivity index (χ1n) is 12.4. The summed E-state index contributed by atoms with van der Waals surface area (Å²) in [6.45, 7) is 10.5. The Morgan fingerprint density at radius 2 is 1.81 bits per heavy atom. The highest BCUT2D eigenvalue weighted by molar-refractivity contribution is 5.94. The fourth-order valence-corrected chi connectivity index (χ4v) is 4.71. The van der Waals surface area contributed by atoms with Crippen LogP contribution < -0.4 is 0 Å². The first kappa shape index (κ1) is 24.2. The fourth-order valence-electron chi connectivity index (χ4n) is 4.71. The Morgan fingerprint density at radius 3 is 2.42 bits per heavy atom. The van der Waals surface area contributed by atoms with E-state index < -0.39 is 11.1 Å². The number of hydrogen-bond donors (Lipinski definition) is 0. The summed E-state index contributed by atoms with van der Waals surface area (Å²) in [5, 5.41) is 4.69. The predicted molar refractivity (Wildman–Crippen MR) is 133 cm³/mol. The number of ether oxygens (including phenoxy) is 1. The second kappa shape index (κ2) is 8.57. The number of carbonyl (C=O) groups excluding carboxylic acids is 2. The van der Waals surface area contributed by atoms with Crippen molar-refractivity contribution in [2.45, 2.75) is 64.5 Å². The lowest BCUT2D eigenvalue weighted by atomic mass is 9.98. The largest absolute Gasteiger partial charge is 0.444 e. The van der Waals surface area contributed by atoms with Crippen molar-refractivity contribution in [2.75, 3.05) is 19.6 Å². The fraction of sp³-hybridized carbons (Fsp3) is 0.481. The van der Waals surface area contributed by atoms with Crippen molar-refractivity contribution in [3.63, 3.8) is 0 Å². The lowest BCUT2D eigenvalue weighted by Gasteiger charge is -2.46. The minimum absolute atomic E-state index is 0.195. The van der Waals surface area contributed by atoms with Gasteiger partial charge in [-0.25, -0.2) is 18.7 Å². The van der Waals surface area contributed by atoms with Crippen LogP contribution in [0.3, 0.4) is 0 Å². The highest BCUT2D eigenvalue weighted by atomic mass is 19.1. The Bertz CT molecular complexity index is 1320. The maximum Gasteiger partial charge on any atom is 0.410 e. The molecule has 1 aromatic carbocycles. The van der Waals surface area contributed by atoms with E-state index in [-0.39, 0.29) is 17.8 Å². The van der Waals surface area contributed by atoms with Crippen molar-refractivity contribution in [2.24, 2.45) is 0 Å². The molecule has 0 unspecified atom stereocenters. The van der Waals surface area contributed by atoms with Crippen LogP contribution in [0, 0.1) is 5.82 Å². The second-order valence-corrected chi connectivity index (χ2v) is 11.3. The molecule has 3 aromatic rings. The predicted octanol–water partition coefficient (Wildman–Crippen LogP) is 4.88. The summed E-state index contributed by atoms with van der Waals surface area (Å²) in [5.41, 5.74) is 2.39. The van der Waals surface area contributed by atoms with Gasteiger partial charge >= 0.3 is 6.09 Å². The molecule has 2 aromatic heterocycles. The summed E-state index contributed by atoms with van der Waals surface area (Å²) in [7, 11) is 0. The number of rotatable bonds is 3. The zero-order valence-electron chi connectivity index (χ0n) is 21.4. The molecule has 36 heavy (non-hydrogen) atoms. The van der Waals surface area contributed by atoms with Gasteiger partial charge in [0.1, 0.15) is 17.1 Å². The van der Waals surface area contributed by atoms with Crippen LogP contribution in [0.5, 0.6) is 0 Å². The number of halogens is 1. The van der Waals surface area contributed by atoms with E-state index in [2.05, 4.69) is 0 Å². The average Bonchev–Trinajstić information content (AvgIpc) is 3.54. The van der Waals surface area contributed by atoms with Crippen LogP contribution in [0.1, 0.15) is 69.4 Å². The SMILES string of the molecule is CC(C)(C)OC(=O)N1CCN(C(=O)c2cn3nc(-c4ccc(F)cc4)cc(C4CC4)c3n2)C(C)(C)C1. The second-order valence-electron chi connectivity index (χ2n) is 11.3. The summed E-state index contributed by atoms with van der Waals surface area (Å²) in [6.07, 6.45) is 3.44. The summed E-state index contributed by atoms with van der Waals surface area (Å²) >= 11 is 0. The molecule has 1 saturated carbocycles. The van der Waals surface area contributed by atoms with E-state index in [0.717, 1.165) is 24.0 Å². The molecule has 2 amide bonds. The van der Waals surface area contributed by atoms with Gasteiger partial charge in [-0.05, 0) is 83.7 Å². The van der Waals surface area contributed by atoms with Crippen molar-refractivity contribution < 1.29 is 18.7 Å². The van der Waals surface area contributed by atoms with Crippen molar-refractivity contribution in [3.05, 3.63) is 53.6 Å². The molecule has 1 saturated heterocycles. The third-order valence-corrected chi connectivity index (χ3v) is 6.63. The van der Waals surface area contributed by atoms with Gasteiger partial charge in [-0.1, -0.05) is 0 Å². The normalized spacial score (nSPS) is 17.9. The van der Waals surface area contributed by atoms with E-state index in [0.29, 0.717) is 42.6 Å². The maximum atomic E-state index is 13.6. The summed E-state index contributed by atoms with van der Waals surface area (Å²) in [6, 6.07) is 8.25. The number of piperazine rings is 1. The van der Waals surface area contributed by atoms with E-state index >= 15 is 0 Å². The topological polar surface area (TPSA) is 80.0 Å². The number of aromatic nitrogens is 3. The molecule has 5 rings (SSSR count). The molecule has 2 fully saturated rings. The Morgan fingerprint density at radius 1 is 1.11 bits per heavy atom. The van der Waals surface area contributed by atoms with Gasteiger partial charge in [-0.2, -0.15) is 5.10 Å². The Labute approximate surface area is 210 Å². The summed E-state index contributed by atoms with van der Waals surface area (Å²) < 4.78 is 20.6.